The molecule has 0 aliphatic heterocycles. The number of oxazole rings is 1. The van der Waals surface area contributed by atoms with Gasteiger partial charge in [0.1, 0.15) is 18.6 Å². The van der Waals surface area contributed by atoms with Crippen molar-refractivity contribution in [3.8, 4) is 17.2 Å². The maximum Gasteiger partial charge on any atom is 0.226 e. The van der Waals surface area contributed by atoms with Crippen LogP contribution in [-0.2, 0) is 17.8 Å². The second kappa shape index (κ2) is 11.6. The largest absolute Gasteiger partial charge is 0.491 e. The fraction of sp³-hybridized carbons (Fsp3) is 0.304. The van der Waals surface area contributed by atoms with E-state index in [1.807, 2.05) is 61.5 Å². The molecule has 0 aliphatic carbocycles. The highest BCUT2D eigenvalue weighted by molar-refractivity contribution is 5.79. The maximum absolute atomic E-state index is 5.66. The number of hydrogen-bond acceptors (Lipinski definition) is 5. The van der Waals surface area contributed by atoms with Crippen LogP contribution in [0.1, 0.15) is 18.2 Å². The Kier molecular flexibility index (Phi) is 8.29. The molecule has 2 N–H and O–H groups in total. The minimum atomic E-state index is 0.516. The van der Waals surface area contributed by atoms with Gasteiger partial charge in [-0.3, -0.25) is 0 Å². The van der Waals surface area contributed by atoms with Crippen LogP contribution < -0.4 is 15.4 Å². The Morgan fingerprint density at radius 3 is 2.73 bits per heavy atom. The number of ether oxygens (including phenoxy) is 2. The van der Waals surface area contributed by atoms with Gasteiger partial charge in [-0.25, -0.2) is 9.98 Å². The van der Waals surface area contributed by atoms with Crippen molar-refractivity contribution in [3.63, 3.8) is 0 Å². The number of guanidine groups is 1. The van der Waals surface area contributed by atoms with E-state index in [0.717, 1.165) is 29.1 Å². The van der Waals surface area contributed by atoms with Crippen LogP contribution in [0.25, 0.3) is 11.5 Å². The molecular formula is C23H28N4O3. The van der Waals surface area contributed by atoms with Gasteiger partial charge in [0, 0.05) is 19.2 Å². The molecule has 1 aromatic heterocycles. The summed E-state index contributed by atoms with van der Waals surface area (Å²) in [6, 6.07) is 17.8. The van der Waals surface area contributed by atoms with Crippen molar-refractivity contribution in [2.45, 2.75) is 20.0 Å². The molecule has 158 valence electrons. The number of benzene rings is 2. The van der Waals surface area contributed by atoms with Crippen molar-refractivity contribution in [1.29, 1.82) is 0 Å². The van der Waals surface area contributed by atoms with Gasteiger partial charge in [0.25, 0.3) is 0 Å². The molecule has 2 aromatic carbocycles. The normalized spacial score (nSPS) is 11.3. The van der Waals surface area contributed by atoms with Crippen molar-refractivity contribution in [2.24, 2.45) is 4.99 Å². The maximum atomic E-state index is 5.66. The summed E-state index contributed by atoms with van der Waals surface area (Å²) in [5.74, 6) is 2.14. The van der Waals surface area contributed by atoms with Gasteiger partial charge in [0.05, 0.1) is 25.4 Å². The van der Waals surface area contributed by atoms with Gasteiger partial charge in [-0.05, 0) is 36.8 Å². The summed E-state index contributed by atoms with van der Waals surface area (Å²) in [5.41, 5.74) is 2.83. The third-order valence-corrected chi connectivity index (χ3v) is 4.23. The Bertz CT molecular complexity index is 925. The molecule has 7 nitrogen and oxygen atoms in total. The van der Waals surface area contributed by atoms with Crippen LogP contribution in [0.3, 0.4) is 0 Å². The van der Waals surface area contributed by atoms with Crippen molar-refractivity contribution in [2.75, 3.05) is 26.9 Å². The van der Waals surface area contributed by atoms with E-state index >= 15 is 0 Å². The molecule has 0 amide bonds. The Labute approximate surface area is 177 Å². The molecule has 3 aromatic rings. The van der Waals surface area contributed by atoms with Crippen molar-refractivity contribution in [3.05, 3.63) is 72.1 Å². The zero-order chi connectivity index (χ0) is 21.0. The first-order valence-electron chi connectivity index (χ1n) is 10.0. The molecular weight excluding hydrogens is 380 g/mol. The topological polar surface area (TPSA) is 80.9 Å². The summed E-state index contributed by atoms with van der Waals surface area (Å²) >= 11 is 0. The predicted molar refractivity (Wildman–Crippen MR) is 117 cm³/mol. The van der Waals surface area contributed by atoms with Crippen molar-refractivity contribution >= 4 is 5.96 Å². The first kappa shape index (κ1) is 21.4. The lowest BCUT2D eigenvalue weighted by molar-refractivity contribution is 0.146. The molecule has 0 saturated carbocycles. The Morgan fingerprint density at radius 1 is 1.07 bits per heavy atom. The number of hydrogen-bond donors (Lipinski definition) is 2. The van der Waals surface area contributed by atoms with Crippen LogP contribution in [-0.4, -0.2) is 37.8 Å². The average molecular weight is 409 g/mol. The predicted octanol–water partition coefficient (Wildman–Crippen LogP) is 3.62. The molecule has 0 bridgehead atoms. The highest BCUT2D eigenvalue weighted by Crippen LogP contribution is 2.18. The van der Waals surface area contributed by atoms with E-state index in [9.17, 15) is 0 Å². The zero-order valence-electron chi connectivity index (χ0n) is 17.4. The van der Waals surface area contributed by atoms with Gasteiger partial charge in [-0.1, -0.05) is 30.3 Å². The standard InChI is InChI=1S/C23H28N4O3/c1-3-24-23(25-15-18-8-7-11-21(14-18)29-13-12-28-2)26-16-20-17-30-22(27-20)19-9-5-4-6-10-19/h4-11,14,17H,3,12-13,15-16H2,1-2H3,(H2,24,25,26). The molecule has 7 heteroatoms. The van der Waals surface area contributed by atoms with E-state index in [0.29, 0.717) is 38.2 Å². The Morgan fingerprint density at radius 2 is 1.93 bits per heavy atom. The highest BCUT2D eigenvalue weighted by atomic mass is 16.5. The van der Waals surface area contributed by atoms with Gasteiger partial charge < -0.3 is 24.5 Å². The Balaban J connectivity index is 1.57. The molecule has 1 heterocycles. The van der Waals surface area contributed by atoms with Gasteiger partial charge >= 0.3 is 0 Å². The number of methoxy groups -OCH3 is 1. The van der Waals surface area contributed by atoms with Gasteiger partial charge in [0.15, 0.2) is 5.96 Å². The summed E-state index contributed by atoms with van der Waals surface area (Å²) in [5, 5.41) is 6.55. The van der Waals surface area contributed by atoms with Gasteiger partial charge in [-0.15, -0.1) is 0 Å². The number of nitrogens with zero attached hydrogens (tertiary/aromatic N) is 2. The van der Waals surface area contributed by atoms with Crippen LogP contribution in [0.4, 0.5) is 0 Å². The first-order chi connectivity index (χ1) is 14.8. The molecule has 0 atom stereocenters. The van der Waals surface area contributed by atoms with Crippen molar-refractivity contribution < 1.29 is 13.9 Å². The number of nitrogens with one attached hydrogen (secondary N) is 2. The second-order valence-electron chi connectivity index (χ2n) is 6.55. The van der Waals surface area contributed by atoms with Gasteiger partial charge in [0.2, 0.25) is 5.89 Å². The third kappa shape index (κ3) is 6.63. The summed E-state index contributed by atoms with van der Waals surface area (Å²) in [6.45, 7) is 4.93. The quantitative estimate of drug-likeness (QED) is 0.303. The van der Waals surface area contributed by atoms with E-state index in [1.165, 1.54) is 0 Å². The molecule has 0 fully saturated rings. The van der Waals surface area contributed by atoms with Crippen LogP contribution in [0.2, 0.25) is 0 Å². The van der Waals surface area contributed by atoms with E-state index in [-0.39, 0.29) is 0 Å². The number of aliphatic imine (C=N–C) groups is 1. The third-order valence-electron chi connectivity index (χ3n) is 4.23. The second-order valence-corrected chi connectivity index (χ2v) is 6.55. The molecule has 0 aliphatic rings. The highest BCUT2D eigenvalue weighted by Gasteiger charge is 2.07. The molecule has 30 heavy (non-hydrogen) atoms. The van der Waals surface area contributed by atoms with E-state index in [1.54, 1.807) is 13.4 Å². The summed E-state index contributed by atoms with van der Waals surface area (Å²) in [6.07, 6.45) is 1.67. The van der Waals surface area contributed by atoms with Crippen LogP contribution >= 0.6 is 0 Å². The first-order valence-corrected chi connectivity index (χ1v) is 10.0. The van der Waals surface area contributed by atoms with Crippen LogP contribution in [0, 0.1) is 0 Å². The van der Waals surface area contributed by atoms with E-state index < -0.39 is 0 Å². The smallest absolute Gasteiger partial charge is 0.226 e. The molecule has 0 saturated heterocycles. The van der Waals surface area contributed by atoms with Crippen LogP contribution in [0.5, 0.6) is 5.75 Å². The lowest BCUT2D eigenvalue weighted by Crippen LogP contribution is -2.36. The minimum absolute atomic E-state index is 0.516. The fourth-order valence-electron chi connectivity index (χ4n) is 2.76. The fourth-order valence-corrected chi connectivity index (χ4v) is 2.76. The average Bonchev–Trinajstić information content (AvgIpc) is 3.26. The van der Waals surface area contributed by atoms with Gasteiger partial charge in [-0.2, -0.15) is 0 Å². The van der Waals surface area contributed by atoms with E-state index in [2.05, 4.69) is 20.6 Å². The lowest BCUT2D eigenvalue weighted by atomic mass is 10.2. The SMILES string of the molecule is CCNC(=NCc1cccc(OCCOC)c1)NCc1coc(-c2ccccc2)n1. The zero-order valence-corrected chi connectivity index (χ0v) is 17.4. The molecule has 3 rings (SSSR count). The molecule has 0 radical (unpaired) electrons. The van der Waals surface area contributed by atoms with Crippen molar-refractivity contribution in [1.82, 2.24) is 15.6 Å². The molecule has 0 spiro atoms. The summed E-state index contributed by atoms with van der Waals surface area (Å²) in [7, 11) is 1.66. The van der Waals surface area contributed by atoms with Crippen LogP contribution in [0.15, 0.2) is 70.3 Å². The summed E-state index contributed by atoms with van der Waals surface area (Å²) < 4.78 is 16.3. The number of aromatic nitrogens is 1. The van der Waals surface area contributed by atoms with E-state index in [4.69, 9.17) is 13.9 Å². The summed E-state index contributed by atoms with van der Waals surface area (Å²) in [4.78, 5) is 9.20. The monoisotopic (exact) mass is 408 g/mol. The minimum Gasteiger partial charge on any atom is -0.491 e. The number of rotatable bonds is 10. The Hall–Kier alpha value is -3.32. The molecule has 0 unspecified atom stereocenters. The lowest BCUT2D eigenvalue weighted by Gasteiger charge is -2.10.